The Morgan fingerprint density at radius 1 is 1.18 bits per heavy atom. The topological polar surface area (TPSA) is 38.0 Å². The predicted octanol–water partition coefficient (Wildman–Crippen LogP) is 4.74. The zero-order valence-corrected chi connectivity index (χ0v) is 11.6. The molecule has 0 aliphatic heterocycles. The lowest BCUT2D eigenvalue weighted by atomic mass is 10.2. The van der Waals surface area contributed by atoms with Crippen molar-refractivity contribution >= 4 is 44.6 Å². The largest absolute Gasteiger partial charge is 0.399 e. The van der Waals surface area contributed by atoms with Crippen molar-refractivity contribution in [3.63, 3.8) is 0 Å². The van der Waals surface area contributed by atoms with E-state index in [1.807, 2.05) is 37.3 Å². The first-order chi connectivity index (χ1) is 8.06. The van der Waals surface area contributed by atoms with Gasteiger partial charge in [0.05, 0.1) is 10.7 Å². The van der Waals surface area contributed by atoms with Crippen molar-refractivity contribution in [2.45, 2.75) is 6.92 Å². The molecule has 4 heteroatoms. The summed E-state index contributed by atoms with van der Waals surface area (Å²) in [5, 5.41) is 3.86. The van der Waals surface area contributed by atoms with E-state index in [0.717, 1.165) is 15.8 Å². The van der Waals surface area contributed by atoms with Gasteiger partial charge in [0.2, 0.25) is 0 Å². The van der Waals surface area contributed by atoms with Crippen LogP contribution in [0.25, 0.3) is 0 Å². The summed E-state index contributed by atoms with van der Waals surface area (Å²) in [6.07, 6.45) is 0. The number of nitrogens with two attached hydrogens (primary N) is 1. The van der Waals surface area contributed by atoms with E-state index < -0.39 is 0 Å². The number of rotatable bonds is 2. The van der Waals surface area contributed by atoms with E-state index in [1.165, 1.54) is 5.56 Å². The zero-order chi connectivity index (χ0) is 12.4. The molecule has 2 rings (SSSR count). The van der Waals surface area contributed by atoms with Crippen LogP contribution in [-0.2, 0) is 0 Å². The minimum atomic E-state index is 0.613. The molecule has 17 heavy (non-hydrogen) atoms. The van der Waals surface area contributed by atoms with Gasteiger partial charge in [0.15, 0.2) is 0 Å². The summed E-state index contributed by atoms with van der Waals surface area (Å²) in [7, 11) is 0. The summed E-state index contributed by atoms with van der Waals surface area (Å²) in [6, 6.07) is 11.5. The smallest absolute Gasteiger partial charge is 0.0661 e. The Kier molecular flexibility index (Phi) is 3.60. The van der Waals surface area contributed by atoms with Gasteiger partial charge in [-0.3, -0.25) is 0 Å². The highest BCUT2D eigenvalue weighted by molar-refractivity contribution is 9.10. The molecule has 0 fully saturated rings. The number of benzene rings is 2. The summed E-state index contributed by atoms with van der Waals surface area (Å²) in [6.45, 7) is 2.05. The maximum atomic E-state index is 6.10. The molecule has 2 nitrogen and oxygen atoms in total. The van der Waals surface area contributed by atoms with Crippen molar-refractivity contribution < 1.29 is 0 Å². The molecule has 2 aromatic rings. The molecule has 0 aliphatic rings. The van der Waals surface area contributed by atoms with Crippen LogP contribution in [0.2, 0.25) is 5.02 Å². The highest BCUT2D eigenvalue weighted by Crippen LogP contribution is 2.29. The first-order valence-electron chi connectivity index (χ1n) is 5.14. The number of anilines is 3. The maximum absolute atomic E-state index is 6.10. The van der Waals surface area contributed by atoms with Crippen molar-refractivity contribution in [2.75, 3.05) is 11.1 Å². The van der Waals surface area contributed by atoms with Crippen molar-refractivity contribution in [3.8, 4) is 0 Å². The third-order valence-electron chi connectivity index (χ3n) is 2.44. The molecule has 0 radical (unpaired) electrons. The summed E-state index contributed by atoms with van der Waals surface area (Å²) < 4.78 is 1.06. The Hall–Kier alpha value is -1.19. The van der Waals surface area contributed by atoms with Crippen molar-refractivity contribution in [2.24, 2.45) is 0 Å². The van der Waals surface area contributed by atoms with Crippen LogP contribution in [0.1, 0.15) is 5.56 Å². The molecule has 0 heterocycles. The van der Waals surface area contributed by atoms with Gasteiger partial charge < -0.3 is 11.1 Å². The molecule has 0 saturated carbocycles. The Morgan fingerprint density at radius 3 is 2.59 bits per heavy atom. The molecule has 0 bridgehead atoms. The zero-order valence-electron chi connectivity index (χ0n) is 9.30. The maximum Gasteiger partial charge on any atom is 0.0661 e. The summed E-state index contributed by atoms with van der Waals surface area (Å²) >= 11 is 9.59. The molecule has 0 spiro atoms. The van der Waals surface area contributed by atoms with Crippen LogP contribution < -0.4 is 11.1 Å². The number of hydrogen-bond acceptors (Lipinski definition) is 2. The van der Waals surface area contributed by atoms with E-state index in [0.29, 0.717) is 10.7 Å². The Bertz CT molecular complexity index is 555. The average molecular weight is 312 g/mol. The minimum Gasteiger partial charge on any atom is -0.399 e. The fraction of sp³-hybridized carbons (Fsp3) is 0.0769. The van der Waals surface area contributed by atoms with E-state index in [2.05, 4.69) is 21.2 Å². The third kappa shape index (κ3) is 2.93. The van der Waals surface area contributed by atoms with Gasteiger partial charge in [0.25, 0.3) is 0 Å². The second-order valence-corrected chi connectivity index (χ2v) is 5.09. The first kappa shape index (κ1) is 12.3. The summed E-state index contributed by atoms with van der Waals surface area (Å²) in [5.41, 5.74) is 9.32. The molecule has 0 aliphatic carbocycles. The Labute approximate surface area is 114 Å². The summed E-state index contributed by atoms with van der Waals surface area (Å²) in [5.74, 6) is 0. The molecular formula is C13H12BrClN2. The molecule has 0 atom stereocenters. The lowest BCUT2D eigenvalue weighted by Crippen LogP contribution is -1.93. The van der Waals surface area contributed by atoms with Gasteiger partial charge in [-0.2, -0.15) is 0 Å². The lowest BCUT2D eigenvalue weighted by molar-refractivity contribution is 1.42. The average Bonchev–Trinajstić information content (AvgIpc) is 2.27. The van der Waals surface area contributed by atoms with Crippen molar-refractivity contribution in [1.29, 1.82) is 0 Å². The number of nitrogens with one attached hydrogen (secondary N) is 1. The number of hydrogen-bond donors (Lipinski definition) is 2. The van der Waals surface area contributed by atoms with E-state index >= 15 is 0 Å². The van der Waals surface area contributed by atoms with Crippen LogP contribution in [0.3, 0.4) is 0 Å². The van der Waals surface area contributed by atoms with Gasteiger partial charge in [-0.15, -0.1) is 0 Å². The standard InChI is InChI=1S/C13H12BrClN2/c1-8-2-4-10(7-11(8)14)17-13-5-3-9(16)6-12(13)15/h2-7,17H,16H2,1H3. The normalized spacial score (nSPS) is 10.3. The molecular weight excluding hydrogens is 300 g/mol. The molecule has 0 amide bonds. The molecule has 2 aromatic carbocycles. The molecule has 88 valence electrons. The van der Waals surface area contributed by atoms with Gasteiger partial charge in [-0.1, -0.05) is 33.6 Å². The molecule has 0 saturated heterocycles. The minimum absolute atomic E-state index is 0.613. The Balaban J connectivity index is 2.28. The number of nitrogen functional groups attached to an aromatic ring is 1. The van der Waals surface area contributed by atoms with Crippen LogP contribution in [0.4, 0.5) is 17.1 Å². The first-order valence-corrected chi connectivity index (χ1v) is 6.31. The molecule has 3 N–H and O–H groups in total. The predicted molar refractivity (Wildman–Crippen MR) is 78.0 cm³/mol. The van der Waals surface area contributed by atoms with Gasteiger partial charge in [-0.05, 0) is 42.8 Å². The highest BCUT2D eigenvalue weighted by Gasteiger charge is 2.02. The third-order valence-corrected chi connectivity index (χ3v) is 3.61. The lowest BCUT2D eigenvalue weighted by Gasteiger charge is -2.10. The SMILES string of the molecule is Cc1ccc(Nc2ccc(N)cc2Cl)cc1Br. The van der Waals surface area contributed by atoms with Crippen LogP contribution >= 0.6 is 27.5 Å². The quantitative estimate of drug-likeness (QED) is 0.786. The van der Waals surface area contributed by atoms with E-state index in [-0.39, 0.29) is 0 Å². The Morgan fingerprint density at radius 2 is 1.94 bits per heavy atom. The van der Waals surface area contributed by atoms with Crippen LogP contribution in [0.15, 0.2) is 40.9 Å². The van der Waals surface area contributed by atoms with Crippen LogP contribution in [-0.4, -0.2) is 0 Å². The van der Waals surface area contributed by atoms with Gasteiger partial charge in [0.1, 0.15) is 0 Å². The number of aryl methyl sites for hydroxylation is 1. The fourth-order valence-corrected chi connectivity index (χ4v) is 2.07. The second-order valence-electron chi connectivity index (χ2n) is 3.83. The number of halogens is 2. The van der Waals surface area contributed by atoms with E-state index in [4.69, 9.17) is 17.3 Å². The van der Waals surface area contributed by atoms with E-state index in [1.54, 1.807) is 6.07 Å². The van der Waals surface area contributed by atoms with Crippen LogP contribution in [0, 0.1) is 6.92 Å². The van der Waals surface area contributed by atoms with E-state index in [9.17, 15) is 0 Å². The van der Waals surface area contributed by atoms with Crippen LogP contribution in [0.5, 0.6) is 0 Å². The van der Waals surface area contributed by atoms with Crippen molar-refractivity contribution in [3.05, 3.63) is 51.5 Å². The monoisotopic (exact) mass is 310 g/mol. The second kappa shape index (κ2) is 4.98. The summed E-state index contributed by atoms with van der Waals surface area (Å²) in [4.78, 5) is 0. The highest BCUT2D eigenvalue weighted by atomic mass is 79.9. The molecule has 0 unspecified atom stereocenters. The van der Waals surface area contributed by atoms with Gasteiger partial charge in [-0.25, -0.2) is 0 Å². The van der Waals surface area contributed by atoms with Gasteiger partial charge in [0, 0.05) is 15.8 Å². The fourth-order valence-electron chi connectivity index (χ4n) is 1.46. The van der Waals surface area contributed by atoms with Gasteiger partial charge >= 0.3 is 0 Å². The molecule has 0 aromatic heterocycles. The van der Waals surface area contributed by atoms with Crippen molar-refractivity contribution in [1.82, 2.24) is 0 Å².